The van der Waals surface area contributed by atoms with E-state index in [1.807, 2.05) is 18.2 Å². The van der Waals surface area contributed by atoms with Crippen LogP contribution < -0.4 is 19.6 Å². The number of hydrogen-bond donors (Lipinski definition) is 1. The van der Waals surface area contributed by atoms with Crippen LogP contribution in [0, 0.1) is 0 Å². The van der Waals surface area contributed by atoms with E-state index in [2.05, 4.69) is 8.62 Å². The Balaban J connectivity index is -0.000000274. The summed E-state index contributed by atoms with van der Waals surface area (Å²) in [5.41, 5.74) is -0.134. The Morgan fingerprint density at radius 3 is 1.25 bits per heavy atom. The molecular formula is C7H11ClHfO11P4. The summed E-state index contributed by atoms with van der Waals surface area (Å²) in [4.78, 5) is 37.1. The SMILES string of the molecule is O=[PH]([O-])O[PH](=O)[O-].O=[PH]([O-])O[PH](=O)[O-].OC(Cl)c1ccccc1.[Hf+4]. The van der Waals surface area contributed by atoms with Crippen LogP contribution in [0.5, 0.6) is 0 Å². The van der Waals surface area contributed by atoms with Crippen molar-refractivity contribution in [2.75, 3.05) is 0 Å². The van der Waals surface area contributed by atoms with Crippen molar-refractivity contribution in [2.24, 2.45) is 0 Å². The van der Waals surface area contributed by atoms with E-state index < -0.39 is 38.6 Å². The molecule has 0 aliphatic rings. The first-order valence-electron chi connectivity index (χ1n) is 5.13. The van der Waals surface area contributed by atoms with E-state index in [-0.39, 0.29) is 25.8 Å². The van der Waals surface area contributed by atoms with Gasteiger partial charge < -0.3 is 42.9 Å². The maximum atomic E-state index is 9.29. The van der Waals surface area contributed by atoms with Gasteiger partial charge in [0, 0.05) is 0 Å². The van der Waals surface area contributed by atoms with E-state index in [9.17, 15) is 37.8 Å². The van der Waals surface area contributed by atoms with Crippen LogP contribution in [0.2, 0.25) is 0 Å². The van der Waals surface area contributed by atoms with Gasteiger partial charge >= 0.3 is 25.8 Å². The van der Waals surface area contributed by atoms with Gasteiger partial charge in [0.25, 0.3) is 0 Å². The second kappa shape index (κ2) is 18.8. The molecule has 11 nitrogen and oxygen atoms in total. The molecule has 0 aliphatic carbocycles. The fourth-order valence-corrected chi connectivity index (χ4v) is 1.98. The van der Waals surface area contributed by atoms with Crippen LogP contribution in [0.25, 0.3) is 0 Å². The number of aliphatic hydroxyl groups is 1. The molecule has 17 heteroatoms. The van der Waals surface area contributed by atoms with E-state index in [0.29, 0.717) is 0 Å². The Morgan fingerprint density at radius 1 is 0.833 bits per heavy atom. The van der Waals surface area contributed by atoms with Crippen LogP contribution >= 0.6 is 44.6 Å². The van der Waals surface area contributed by atoms with Crippen LogP contribution in [0.3, 0.4) is 0 Å². The molecular weight excluding hydrogens is 598 g/mol. The molecule has 0 fully saturated rings. The number of alkyl halides is 1. The summed E-state index contributed by atoms with van der Waals surface area (Å²) >= 11 is 5.36. The second-order valence-electron chi connectivity index (χ2n) is 2.95. The predicted molar refractivity (Wildman–Crippen MR) is 75.4 cm³/mol. The maximum absolute atomic E-state index is 9.29. The van der Waals surface area contributed by atoms with Crippen molar-refractivity contribution in [2.45, 2.75) is 5.56 Å². The second-order valence-corrected chi connectivity index (χ2v) is 7.00. The van der Waals surface area contributed by atoms with E-state index in [1.54, 1.807) is 12.1 Å². The fraction of sp³-hybridized carbons (Fsp3) is 0.143. The maximum Gasteiger partial charge on any atom is 4.00 e. The molecule has 0 amide bonds. The van der Waals surface area contributed by atoms with Crippen LogP contribution in [-0.4, -0.2) is 5.11 Å². The molecule has 0 saturated heterocycles. The van der Waals surface area contributed by atoms with E-state index in [4.69, 9.17) is 16.7 Å². The molecule has 0 aromatic heterocycles. The van der Waals surface area contributed by atoms with Crippen LogP contribution in [0.4, 0.5) is 0 Å². The first-order chi connectivity index (χ1) is 10.6. The first kappa shape index (κ1) is 29.8. The molecule has 0 aliphatic heterocycles. The Labute approximate surface area is 163 Å². The largest absolute Gasteiger partial charge is 4.00 e. The van der Waals surface area contributed by atoms with Crippen molar-refractivity contribution in [3.05, 3.63) is 35.9 Å². The number of hydrogen-bond acceptors (Lipinski definition) is 11. The van der Waals surface area contributed by atoms with Crippen molar-refractivity contribution in [3.63, 3.8) is 0 Å². The summed E-state index contributed by atoms with van der Waals surface area (Å²) in [6.45, 7) is 0. The van der Waals surface area contributed by atoms with Gasteiger partial charge in [-0.05, 0) is 5.56 Å². The topological polar surface area (TPSA) is 199 Å². The third-order valence-electron chi connectivity index (χ3n) is 1.41. The predicted octanol–water partition coefficient (Wildman–Crippen LogP) is -1.08. The molecule has 0 spiro atoms. The minimum Gasteiger partial charge on any atom is -0.781 e. The molecule has 5 atom stereocenters. The smallest absolute Gasteiger partial charge is 0.781 e. The molecule has 24 heavy (non-hydrogen) atoms. The van der Waals surface area contributed by atoms with Crippen molar-refractivity contribution in [3.8, 4) is 0 Å². The number of aliphatic hydroxyl groups excluding tert-OH is 1. The Hall–Kier alpha value is 1.02. The van der Waals surface area contributed by atoms with Gasteiger partial charge in [0.05, 0.1) is 0 Å². The number of halogens is 1. The minimum atomic E-state index is -3.51. The van der Waals surface area contributed by atoms with Gasteiger partial charge in [0.1, 0.15) is 33.0 Å². The molecule has 1 rings (SSSR count). The summed E-state index contributed by atoms with van der Waals surface area (Å²) in [5.74, 6) is 0. The summed E-state index contributed by atoms with van der Waals surface area (Å²) in [6, 6.07) is 9.10. The van der Waals surface area contributed by atoms with Gasteiger partial charge in [-0.3, -0.25) is 8.62 Å². The summed E-state index contributed by atoms with van der Waals surface area (Å²) < 4.78 is 43.6. The molecule has 1 aromatic carbocycles. The molecule has 1 N–H and O–H groups in total. The normalized spacial score (nSPS) is 15.8. The standard InChI is InChI=1S/C7H7ClO.Hf.2H4O5P2/c8-7(9)6-4-2-1-3-5-6;;2*1-6(2)5-7(3)4/h1-5,7,9H;;2*6-7H,(H,1,2)(H,3,4)/q;+4;;/p-4. The van der Waals surface area contributed by atoms with Gasteiger partial charge in [-0.2, -0.15) is 0 Å². The van der Waals surface area contributed by atoms with Crippen LogP contribution in [-0.2, 0) is 52.7 Å². The van der Waals surface area contributed by atoms with Crippen LogP contribution in [0.15, 0.2) is 30.3 Å². The Kier molecular flexibility index (Phi) is 23.3. The monoisotopic (exact) mass is 610 g/mol. The first-order valence-corrected chi connectivity index (χ1v) is 10.5. The molecule has 1 aromatic rings. The van der Waals surface area contributed by atoms with Crippen molar-refractivity contribution in [1.82, 2.24) is 0 Å². The van der Waals surface area contributed by atoms with Gasteiger partial charge in [0.15, 0.2) is 5.56 Å². The van der Waals surface area contributed by atoms with Crippen LogP contribution in [0.1, 0.15) is 11.1 Å². The average molecular weight is 609 g/mol. The minimum absolute atomic E-state index is 0. The van der Waals surface area contributed by atoms with Crippen molar-refractivity contribution >= 4 is 44.6 Å². The molecule has 0 heterocycles. The van der Waals surface area contributed by atoms with Crippen molar-refractivity contribution in [1.29, 1.82) is 0 Å². The number of rotatable bonds is 5. The van der Waals surface area contributed by atoms with E-state index >= 15 is 0 Å². The Morgan fingerprint density at radius 2 is 1.12 bits per heavy atom. The van der Waals surface area contributed by atoms with E-state index in [1.165, 1.54) is 0 Å². The number of benzene rings is 1. The average Bonchev–Trinajstić information content (AvgIpc) is 2.37. The molecule has 0 saturated carbocycles. The molecule has 0 bridgehead atoms. The summed E-state index contributed by atoms with van der Waals surface area (Å²) in [7, 11) is -14.1. The Bertz CT molecular complexity index is 480. The zero-order chi connectivity index (χ0) is 18.4. The van der Waals surface area contributed by atoms with E-state index in [0.717, 1.165) is 5.56 Å². The van der Waals surface area contributed by atoms with Gasteiger partial charge in [0.2, 0.25) is 0 Å². The molecule has 5 unspecified atom stereocenters. The van der Waals surface area contributed by atoms with Gasteiger partial charge in [-0.25, -0.2) is 0 Å². The van der Waals surface area contributed by atoms with Gasteiger partial charge in [-0.1, -0.05) is 41.9 Å². The molecule has 0 radical (unpaired) electrons. The third kappa shape index (κ3) is 25.3. The third-order valence-corrected chi connectivity index (χ3v) is 4.33. The van der Waals surface area contributed by atoms with Crippen molar-refractivity contribution < 1.29 is 77.4 Å². The zero-order valence-corrected chi connectivity index (χ0v) is 19.7. The fourth-order valence-electron chi connectivity index (χ4n) is 0.748. The summed E-state index contributed by atoms with van der Waals surface area (Å²) in [5, 5.41) is 8.79. The molecule has 136 valence electrons. The van der Waals surface area contributed by atoms with Gasteiger partial charge in [-0.15, -0.1) is 0 Å². The summed E-state index contributed by atoms with van der Waals surface area (Å²) in [6.07, 6.45) is 0. The zero-order valence-electron chi connectivity index (χ0n) is 11.4. The quantitative estimate of drug-likeness (QED) is 0.242.